The number of hydrogen-bond donors (Lipinski definition) is 0. The van der Waals surface area contributed by atoms with Gasteiger partial charge in [0.1, 0.15) is 5.60 Å². The summed E-state index contributed by atoms with van der Waals surface area (Å²) in [4.78, 5) is 10.6. The van der Waals surface area contributed by atoms with Crippen LogP contribution < -0.4 is 0 Å². The van der Waals surface area contributed by atoms with E-state index >= 15 is 0 Å². The molecule has 0 saturated heterocycles. The van der Waals surface area contributed by atoms with Gasteiger partial charge in [0.25, 0.3) is 0 Å². The van der Waals surface area contributed by atoms with Crippen molar-refractivity contribution in [2.45, 2.75) is 25.9 Å². The lowest BCUT2D eigenvalue weighted by atomic mass is 10.1. The first-order valence-corrected chi connectivity index (χ1v) is 3.70. The smallest absolute Gasteiger partial charge is 0.307 e. The summed E-state index contributed by atoms with van der Waals surface area (Å²) in [6.45, 7) is 3.83. The van der Waals surface area contributed by atoms with Crippen molar-refractivity contribution in [3.8, 4) is 12.3 Å². The highest BCUT2D eigenvalue weighted by molar-refractivity contribution is 5.69. The summed E-state index contributed by atoms with van der Waals surface area (Å²) in [6.07, 6.45) is 5.40. The lowest BCUT2D eigenvalue weighted by Crippen LogP contribution is -2.23. The number of ether oxygens (including phenoxy) is 2. The van der Waals surface area contributed by atoms with Crippen molar-refractivity contribution in [2.24, 2.45) is 0 Å². The molecular formula is C9H14O3. The van der Waals surface area contributed by atoms with Crippen LogP contribution in [-0.4, -0.2) is 25.3 Å². The average molecular weight is 170 g/mol. The fraction of sp³-hybridized carbons (Fsp3) is 0.667. The molecule has 3 nitrogen and oxygen atoms in total. The van der Waals surface area contributed by atoms with E-state index in [-0.39, 0.29) is 12.4 Å². The molecule has 0 aliphatic rings. The largest absolute Gasteiger partial charge is 0.469 e. The Morgan fingerprint density at radius 1 is 1.58 bits per heavy atom. The van der Waals surface area contributed by atoms with Crippen LogP contribution in [0.1, 0.15) is 20.3 Å². The molecule has 0 N–H and O–H groups in total. The molecule has 0 rings (SSSR count). The lowest BCUT2D eigenvalue weighted by molar-refractivity contribution is -0.142. The molecule has 0 fully saturated rings. The van der Waals surface area contributed by atoms with Crippen molar-refractivity contribution in [1.29, 1.82) is 0 Å². The minimum atomic E-state index is -0.603. The normalized spacial score (nSPS) is 10.5. The highest BCUT2D eigenvalue weighted by atomic mass is 16.5. The highest BCUT2D eigenvalue weighted by Crippen LogP contribution is 2.06. The predicted octanol–water partition coefficient (Wildman–Crippen LogP) is 0.978. The molecule has 0 heterocycles. The van der Waals surface area contributed by atoms with Crippen molar-refractivity contribution in [1.82, 2.24) is 0 Å². The first-order valence-electron chi connectivity index (χ1n) is 3.70. The number of esters is 1. The summed E-state index contributed by atoms with van der Waals surface area (Å²) in [5.41, 5.74) is -0.603. The third kappa shape index (κ3) is 4.75. The maximum absolute atomic E-state index is 10.6. The van der Waals surface area contributed by atoms with Gasteiger partial charge in [-0.3, -0.25) is 4.79 Å². The summed E-state index contributed by atoms with van der Waals surface area (Å²) in [5.74, 6) is 2.17. The van der Waals surface area contributed by atoms with Crippen molar-refractivity contribution < 1.29 is 14.3 Å². The molecule has 0 aromatic rings. The van der Waals surface area contributed by atoms with Gasteiger partial charge in [0.05, 0.1) is 20.1 Å². The molecule has 0 spiro atoms. The molecule has 0 radical (unpaired) electrons. The van der Waals surface area contributed by atoms with Crippen LogP contribution in [0.15, 0.2) is 0 Å². The third-order valence-electron chi connectivity index (χ3n) is 1.34. The van der Waals surface area contributed by atoms with Gasteiger partial charge in [0, 0.05) is 0 Å². The molecule has 0 saturated carbocycles. The fourth-order valence-electron chi connectivity index (χ4n) is 0.533. The highest BCUT2D eigenvalue weighted by Gasteiger charge is 2.14. The number of hydrogen-bond acceptors (Lipinski definition) is 3. The molecule has 0 unspecified atom stereocenters. The lowest BCUT2D eigenvalue weighted by Gasteiger charge is -2.17. The summed E-state index contributed by atoms with van der Waals surface area (Å²) in [7, 11) is 1.34. The molecule has 0 amide bonds. The van der Waals surface area contributed by atoms with E-state index in [4.69, 9.17) is 11.2 Å². The second-order valence-electron chi connectivity index (χ2n) is 2.83. The first-order chi connectivity index (χ1) is 5.52. The number of terminal acetylenes is 1. The number of methoxy groups -OCH3 is 1. The molecule has 0 aliphatic carbocycles. The van der Waals surface area contributed by atoms with Gasteiger partial charge < -0.3 is 9.47 Å². The number of rotatable bonds is 4. The minimum absolute atomic E-state index is 0.238. The Balaban J connectivity index is 3.58. The number of carbonyl (C=O) groups is 1. The Bertz CT molecular complexity index is 188. The quantitative estimate of drug-likeness (QED) is 0.466. The second kappa shape index (κ2) is 4.78. The minimum Gasteiger partial charge on any atom is -0.469 e. The standard InChI is InChI=1S/C9H14O3/c1-5-9(2,3)12-7-6-8(10)11-4/h1H,6-7H2,2-4H3. The SMILES string of the molecule is C#CC(C)(C)OCCC(=O)OC. The van der Waals surface area contributed by atoms with E-state index in [1.807, 2.05) is 0 Å². The monoisotopic (exact) mass is 170 g/mol. The third-order valence-corrected chi connectivity index (χ3v) is 1.34. The molecular weight excluding hydrogens is 156 g/mol. The molecule has 3 heteroatoms. The summed E-state index contributed by atoms with van der Waals surface area (Å²) < 4.78 is 9.64. The van der Waals surface area contributed by atoms with Gasteiger partial charge in [-0.2, -0.15) is 0 Å². The summed E-state index contributed by atoms with van der Waals surface area (Å²) >= 11 is 0. The second-order valence-corrected chi connectivity index (χ2v) is 2.83. The van der Waals surface area contributed by atoms with E-state index in [1.54, 1.807) is 13.8 Å². The van der Waals surface area contributed by atoms with Gasteiger partial charge in [0.2, 0.25) is 0 Å². The zero-order valence-electron chi connectivity index (χ0n) is 7.72. The van der Waals surface area contributed by atoms with Gasteiger partial charge in [-0.25, -0.2) is 0 Å². The van der Waals surface area contributed by atoms with Gasteiger partial charge in [0.15, 0.2) is 0 Å². The maximum atomic E-state index is 10.6. The van der Waals surface area contributed by atoms with Crippen molar-refractivity contribution in [3.05, 3.63) is 0 Å². The Kier molecular flexibility index (Phi) is 4.38. The molecule has 12 heavy (non-hydrogen) atoms. The van der Waals surface area contributed by atoms with E-state index in [0.29, 0.717) is 6.61 Å². The fourth-order valence-corrected chi connectivity index (χ4v) is 0.533. The number of carbonyl (C=O) groups excluding carboxylic acids is 1. The van der Waals surface area contributed by atoms with E-state index in [2.05, 4.69) is 10.7 Å². The molecule has 0 aromatic carbocycles. The van der Waals surface area contributed by atoms with Crippen LogP contribution in [0.2, 0.25) is 0 Å². The van der Waals surface area contributed by atoms with Crippen LogP contribution in [0.4, 0.5) is 0 Å². The average Bonchev–Trinajstić information content (AvgIpc) is 2.04. The summed E-state index contributed by atoms with van der Waals surface area (Å²) in [5, 5.41) is 0. The topological polar surface area (TPSA) is 35.5 Å². The molecule has 0 aliphatic heterocycles. The van der Waals surface area contributed by atoms with Gasteiger partial charge in [-0.15, -0.1) is 6.42 Å². The zero-order valence-corrected chi connectivity index (χ0v) is 7.72. The Hall–Kier alpha value is -1.01. The summed E-state index contributed by atoms with van der Waals surface area (Å²) in [6, 6.07) is 0. The van der Waals surface area contributed by atoms with Crippen LogP contribution in [0.3, 0.4) is 0 Å². The Labute approximate surface area is 73.0 Å². The van der Waals surface area contributed by atoms with Crippen LogP contribution in [-0.2, 0) is 14.3 Å². The predicted molar refractivity (Wildman–Crippen MR) is 45.5 cm³/mol. The van der Waals surface area contributed by atoms with Crippen LogP contribution in [0.25, 0.3) is 0 Å². The van der Waals surface area contributed by atoms with E-state index < -0.39 is 5.60 Å². The van der Waals surface area contributed by atoms with Gasteiger partial charge >= 0.3 is 5.97 Å². The van der Waals surface area contributed by atoms with Crippen molar-refractivity contribution in [3.63, 3.8) is 0 Å². The van der Waals surface area contributed by atoms with Crippen LogP contribution in [0, 0.1) is 12.3 Å². The first kappa shape index (κ1) is 11.0. The molecule has 0 aromatic heterocycles. The van der Waals surface area contributed by atoms with Gasteiger partial charge in [-0.05, 0) is 13.8 Å². The van der Waals surface area contributed by atoms with Crippen molar-refractivity contribution in [2.75, 3.05) is 13.7 Å². The molecule has 0 bridgehead atoms. The van der Waals surface area contributed by atoms with Crippen LogP contribution >= 0.6 is 0 Å². The van der Waals surface area contributed by atoms with Gasteiger partial charge in [-0.1, -0.05) is 5.92 Å². The van der Waals surface area contributed by atoms with Crippen LogP contribution in [0.5, 0.6) is 0 Å². The zero-order chi connectivity index (χ0) is 9.61. The van der Waals surface area contributed by atoms with E-state index in [9.17, 15) is 4.79 Å². The molecule has 0 atom stereocenters. The van der Waals surface area contributed by atoms with E-state index in [0.717, 1.165) is 0 Å². The van der Waals surface area contributed by atoms with Crippen molar-refractivity contribution >= 4 is 5.97 Å². The molecule has 68 valence electrons. The maximum Gasteiger partial charge on any atom is 0.307 e. The Morgan fingerprint density at radius 3 is 2.58 bits per heavy atom. The Morgan fingerprint density at radius 2 is 2.17 bits per heavy atom. The van der Waals surface area contributed by atoms with E-state index in [1.165, 1.54) is 7.11 Å².